The Bertz CT molecular complexity index is 713. The van der Waals surface area contributed by atoms with Crippen molar-refractivity contribution in [3.63, 3.8) is 0 Å². The summed E-state index contributed by atoms with van der Waals surface area (Å²) in [7, 11) is 0. The van der Waals surface area contributed by atoms with Gasteiger partial charge < -0.3 is 21.6 Å². The Labute approximate surface area is 103 Å². The summed E-state index contributed by atoms with van der Waals surface area (Å²) < 4.78 is 5.64. The minimum absolute atomic E-state index is 0.481. The van der Waals surface area contributed by atoms with E-state index in [4.69, 9.17) is 21.6 Å². The molecule has 0 saturated carbocycles. The van der Waals surface area contributed by atoms with Gasteiger partial charge in [-0.1, -0.05) is 0 Å². The second-order valence-electron chi connectivity index (χ2n) is 4.13. The van der Waals surface area contributed by atoms with Crippen LogP contribution in [0.2, 0.25) is 0 Å². The molecule has 0 saturated heterocycles. The minimum Gasteiger partial charge on any atom is -0.436 e. The molecule has 0 aliphatic heterocycles. The largest absolute Gasteiger partial charge is 0.436 e. The molecule has 3 aromatic rings. The van der Waals surface area contributed by atoms with Crippen molar-refractivity contribution in [2.45, 2.75) is 0 Å². The van der Waals surface area contributed by atoms with Crippen molar-refractivity contribution in [1.82, 2.24) is 4.98 Å². The SMILES string of the molecule is Nc1cc(N)cc(-c2nc3cc(N)ccc3o2)c1. The van der Waals surface area contributed by atoms with E-state index in [1.807, 2.05) is 0 Å². The first-order valence-corrected chi connectivity index (χ1v) is 5.44. The summed E-state index contributed by atoms with van der Waals surface area (Å²) in [6, 6.07) is 10.5. The van der Waals surface area contributed by atoms with Crippen LogP contribution in [0.4, 0.5) is 17.1 Å². The van der Waals surface area contributed by atoms with Crippen LogP contribution in [0, 0.1) is 0 Å². The van der Waals surface area contributed by atoms with Gasteiger partial charge in [0.2, 0.25) is 5.89 Å². The summed E-state index contributed by atoms with van der Waals surface area (Å²) in [6.07, 6.45) is 0. The van der Waals surface area contributed by atoms with Gasteiger partial charge in [-0.25, -0.2) is 4.98 Å². The first kappa shape index (κ1) is 10.5. The average Bonchev–Trinajstić information content (AvgIpc) is 2.70. The fourth-order valence-electron chi connectivity index (χ4n) is 1.87. The molecular weight excluding hydrogens is 228 g/mol. The van der Waals surface area contributed by atoms with Gasteiger partial charge in [-0.05, 0) is 36.4 Å². The molecule has 2 aromatic carbocycles. The zero-order valence-electron chi connectivity index (χ0n) is 9.55. The highest BCUT2D eigenvalue weighted by molar-refractivity contribution is 5.80. The summed E-state index contributed by atoms with van der Waals surface area (Å²) in [5.41, 5.74) is 21.1. The van der Waals surface area contributed by atoms with Crippen molar-refractivity contribution in [3.8, 4) is 11.5 Å². The molecule has 90 valence electrons. The Balaban J connectivity index is 2.19. The zero-order valence-corrected chi connectivity index (χ0v) is 9.55. The number of hydrogen-bond donors (Lipinski definition) is 3. The van der Waals surface area contributed by atoms with Crippen LogP contribution in [0.15, 0.2) is 40.8 Å². The molecule has 0 atom stereocenters. The third-order valence-electron chi connectivity index (χ3n) is 2.64. The molecule has 0 unspecified atom stereocenters. The Morgan fingerprint density at radius 3 is 2.28 bits per heavy atom. The molecule has 0 aliphatic carbocycles. The topological polar surface area (TPSA) is 104 Å². The number of nitrogens with zero attached hydrogens (tertiary/aromatic N) is 1. The van der Waals surface area contributed by atoms with E-state index in [2.05, 4.69) is 4.98 Å². The van der Waals surface area contributed by atoms with Crippen molar-refractivity contribution >= 4 is 28.2 Å². The van der Waals surface area contributed by atoms with Gasteiger partial charge in [0.05, 0.1) is 0 Å². The molecule has 3 rings (SSSR count). The van der Waals surface area contributed by atoms with Crippen molar-refractivity contribution in [3.05, 3.63) is 36.4 Å². The molecule has 0 fully saturated rings. The van der Waals surface area contributed by atoms with Gasteiger partial charge in [0, 0.05) is 22.6 Å². The second-order valence-corrected chi connectivity index (χ2v) is 4.13. The van der Waals surface area contributed by atoms with Gasteiger partial charge in [-0.3, -0.25) is 0 Å². The molecule has 1 heterocycles. The summed E-state index contributed by atoms with van der Waals surface area (Å²) in [5, 5.41) is 0. The maximum atomic E-state index is 5.75. The lowest BCUT2D eigenvalue weighted by Crippen LogP contribution is -1.91. The molecular formula is C13H12N4O. The first-order valence-electron chi connectivity index (χ1n) is 5.44. The quantitative estimate of drug-likeness (QED) is 0.566. The number of aromatic nitrogens is 1. The maximum Gasteiger partial charge on any atom is 0.227 e. The number of oxazole rings is 1. The van der Waals surface area contributed by atoms with Crippen LogP contribution < -0.4 is 17.2 Å². The van der Waals surface area contributed by atoms with Crippen molar-refractivity contribution in [2.24, 2.45) is 0 Å². The third kappa shape index (κ3) is 1.71. The average molecular weight is 240 g/mol. The van der Waals surface area contributed by atoms with Crippen LogP contribution in [-0.4, -0.2) is 4.98 Å². The van der Waals surface area contributed by atoms with E-state index >= 15 is 0 Å². The van der Waals surface area contributed by atoms with Crippen LogP contribution >= 0.6 is 0 Å². The number of benzene rings is 2. The predicted octanol–water partition coefficient (Wildman–Crippen LogP) is 2.24. The van der Waals surface area contributed by atoms with Crippen LogP contribution in [0.25, 0.3) is 22.6 Å². The van der Waals surface area contributed by atoms with Gasteiger partial charge in [0.1, 0.15) is 5.52 Å². The first-order chi connectivity index (χ1) is 8.61. The minimum atomic E-state index is 0.481. The fraction of sp³-hybridized carbons (Fsp3) is 0. The van der Waals surface area contributed by atoms with Gasteiger partial charge >= 0.3 is 0 Å². The lowest BCUT2D eigenvalue weighted by Gasteiger charge is -2.00. The number of anilines is 3. The Kier molecular flexibility index (Phi) is 2.13. The van der Waals surface area contributed by atoms with E-state index in [9.17, 15) is 0 Å². The van der Waals surface area contributed by atoms with E-state index in [0.29, 0.717) is 34.1 Å². The standard InChI is InChI=1S/C13H12N4O/c14-8-1-2-12-11(6-8)17-13(18-12)7-3-9(15)5-10(16)4-7/h1-6H,14-16H2. The smallest absolute Gasteiger partial charge is 0.227 e. The third-order valence-corrected chi connectivity index (χ3v) is 2.64. The normalized spacial score (nSPS) is 10.9. The number of nitrogen functional groups attached to an aromatic ring is 3. The fourth-order valence-corrected chi connectivity index (χ4v) is 1.87. The highest BCUT2D eigenvalue weighted by atomic mass is 16.3. The van der Waals surface area contributed by atoms with E-state index in [-0.39, 0.29) is 0 Å². The van der Waals surface area contributed by atoms with Gasteiger partial charge in [-0.2, -0.15) is 0 Å². The van der Waals surface area contributed by atoms with Gasteiger partial charge in [-0.15, -0.1) is 0 Å². The molecule has 0 bridgehead atoms. The zero-order chi connectivity index (χ0) is 12.7. The summed E-state index contributed by atoms with van der Waals surface area (Å²) >= 11 is 0. The molecule has 6 N–H and O–H groups in total. The van der Waals surface area contributed by atoms with Crippen molar-refractivity contribution in [1.29, 1.82) is 0 Å². The van der Waals surface area contributed by atoms with E-state index in [1.54, 1.807) is 36.4 Å². The van der Waals surface area contributed by atoms with Crippen molar-refractivity contribution < 1.29 is 4.42 Å². The van der Waals surface area contributed by atoms with Crippen LogP contribution in [-0.2, 0) is 0 Å². The van der Waals surface area contributed by atoms with E-state index < -0.39 is 0 Å². The highest BCUT2D eigenvalue weighted by Gasteiger charge is 2.09. The molecule has 0 radical (unpaired) electrons. The Morgan fingerprint density at radius 2 is 1.56 bits per heavy atom. The maximum absolute atomic E-state index is 5.75. The van der Waals surface area contributed by atoms with Gasteiger partial charge in [0.25, 0.3) is 0 Å². The number of hydrogen-bond acceptors (Lipinski definition) is 5. The molecule has 5 nitrogen and oxygen atoms in total. The van der Waals surface area contributed by atoms with Crippen molar-refractivity contribution in [2.75, 3.05) is 17.2 Å². The molecule has 0 amide bonds. The molecule has 5 heteroatoms. The Morgan fingerprint density at radius 1 is 0.833 bits per heavy atom. The van der Waals surface area contributed by atoms with Crippen LogP contribution in [0.5, 0.6) is 0 Å². The number of rotatable bonds is 1. The van der Waals surface area contributed by atoms with E-state index in [0.717, 1.165) is 5.56 Å². The summed E-state index contributed by atoms with van der Waals surface area (Å²) in [6.45, 7) is 0. The van der Waals surface area contributed by atoms with E-state index in [1.165, 1.54) is 0 Å². The number of nitrogens with two attached hydrogens (primary N) is 3. The van der Waals surface area contributed by atoms with Crippen LogP contribution in [0.1, 0.15) is 0 Å². The predicted molar refractivity (Wildman–Crippen MR) is 72.7 cm³/mol. The Hall–Kier alpha value is -2.69. The molecule has 1 aromatic heterocycles. The lowest BCUT2D eigenvalue weighted by atomic mass is 10.2. The highest BCUT2D eigenvalue weighted by Crippen LogP contribution is 2.28. The summed E-state index contributed by atoms with van der Waals surface area (Å²) in [4.78, 5) is 4.37. The number of fused-ring (bicyclic) bond motifs is 1. The monoisotopic (exact) mass is 240 g/mol. The molecule has 0 aliphatic rings. The molecule has 18 heavy (non-hydrogen) atoms. The van der Waals surface area contributed by atoms with Gasteiger partial charge in [0.15, 0.2) is 5.58 Å². The summed E-state index contributed by atoms with van der Waals surface area (Å²) in [5.74, 6) is 0.481. The lowest BCUT2D eigenvalue weighted by molar-refractivity contribution is 0.620. The second kappa shape index (κ2) is 3.66. The van der Waals surface area contributed by atoms with Crippen LogP contribution in [0.3, 0.4) is 0 Å². The molecule has 0 spiro atoms.